The second kappa shape index (κ2) is 5.74. The quantitative estimate of drug-likeness (QED) is 0.856. The van der Waals surface area contributed by atoms with E-state index in [1.165, 1.54) is 6.42 Å². The fourth-order valence-corrected chi connectivity index (χ4v) is 2.78. The van der Waals surface area contributed by atoms with Crippen molar-refractivity contribution in [2.75, 3.05) is 11.9 Å². The van der Waals surface area contributed by atoms with Gasteiger partial charge < -0.3 is 15.5 Å². The highest BCUT2D eigenvalue weighted by atomic mass is 35.5. The maximum Gasteiger partial charge on any atom is 0.127 e. The molecule has 0 saturated heterocycles. The fraction of sp³-hybridized carbons (Fsp3) is 0.412. The van der Waals surface area contributed by atoms with Crippen LogP contribution in [0, 0.1) is 12.8 Å². The molecule has 3 nitrogen and oxygen atoms in total. The topological polar surface area (TPSA) is 51.2 Å². The number of furan rings is 1. The number of nitrogens with two attached hydrogens (primary N) is 1. The smallest absolute Gasteiger partial charge is 0.127 e. The van der Waals surface area contributed by atoms with E-state index in [4.69, 9.17) is 21.8 Å². The molecule has 1 aliphatic rings. The lowest BCUT2D eigenvalue weighted by molar-refractivity contribution is 0.441. The van der Waals surface area contributed by atoms with Crippen LogP contribution in [0.2, 0.25) is 5.02 Å². The molecule has 0 bridgehead atoms. The van der Waals surface area contributed by atoms with E-state index < -0.39 is 0 Å². The number of anilines is 1. The summed E-state index contributed by atoms with van der Waals surface area (Å²) in [7, 11) is 0. The minimum atomic E-state index is -0.0356. The summed E-state index contributed by atoms with van der Waals surface area (Å²) < 4.78 is 5.98. The maximum atomic E-state index is 6.16. The van der Waals surface area contributed by atoms with E-state index in [1.54, 1.807) is 0 Å². The third-order valence-corrected chi connectivity index (χ3v) is 4.62. The number of halogens is 1. The molecule has 21 heavy (non-hydrogen) atoms. The Morgan fingerprint density at radius 3 is 2.76 bits per heavy atom. The summed E-state index contributed by atoms with van der Waals surface area (Å²) in [5.74, 6) is 3.30. The van der Waals surface area contributed by atoms with E-state index in [1.807, 2.05) is 31.2 Å². The zero-order valence-electron chi connectivity index (χ0n) is 12.4. The number of hydrogen-bond donors (Lipinski definition) is 2. The molecule has 1 aromatic heterocycles. The normalized spacial score (nSPS) is 22.1. The van der Waals surface area contributed by atoms with Gasteiger partial charge in [0.1, 0.15) is 11.5 Å². The number of rotatable bonds is 5. The van der Waals surface area contributed by atoms with Gasteiger partial charge in [-0.05, 0) is 49.1 Å². The van der Waals surface area contributed by atoms with Gasteiger partial charge in [-0.2, -0.15) is 0 Å². The number of aryl methyl sites for hydroxylation is 1. The van der Waals surface area contributed by atoms with Gasteiger partial charge in [-0.15, -0.1) is 0 Å². The summed E-state index contributed by atoms with van der Waals surface area (Å²) in [5, 5.41) is 4.15. The lowest BCUT2D eigenvalue weighted by Crippen LogP contribution is -2.20. The molecule has 2 aromatic rings. The molecule has 1 heterocycles. The Hall–Kier alpha value is -1.45. The molecule has 112 valence electrons. The first kappa shape index (κ1) is 14.5. The van der Waals surface area contributed by atoms with Gasteiger partial charge >= 0.3 is 0 Å². The van der Waals surface area contributed by atoms with Gasteiger partial charge in [0.25, 0.3) is 0 Å². The minimum absolute atomic E-state index is 0.0356. The van der Waals surface area contributed by atoms with Gasteiger partial charge in [0.15, 0.2) is 0 Å². The minimum Gasteiger partial charge on any atom is -0.464 e. The van der Waals surface area contributed by atoms with Crippen molar-refractivity contribution in [3.8, 4) is 0 Å². The summed E-state index contributed by atoms with van der Waals surface area (Å²) >= 11 is 6.16. The molecule has 1 saturated carbocycles. The van der Waals surface area contributed by atoms with E-state index in [-0.39, 0.29) is 6.04 Å². The second-order valence-corrected chi connectivity index (χ2v) is 6.36. The SMILES string of the molecule is Cc1ccc(NC(CN)c2ccc(C3CC3C)o2)cc1Cl. The van der Waals surface area contributed by atoms with E-state index in [2.05, 4.69) is 18.3 Å². The van der Waals surface area contributed by atoms with E-state index >= 15 is 0 Å². The molecular formula is C17H21ClN2O. The molecule has 0 spiro atoms. The van der Waals surface area contributed by atoms with Crippen molar-refractivity contribution in [1.82, 2.24) is 0 Å². The molecular weight excluding hydrogens is 284 g/mol. The predicted molar refractivity (Wildman–Crippen MR) is 86.8 cm³/mol. The van der Waals surface area contributed by atoms with E-state index in [0.717, 1.165) is 33.7 Å². The molecule has 0 radical (unpaired) electrons. The average Bonchev–Trinajstić information content (AvgIpc) is 3.01. The lowest BCUT2D eigenvalue weighted by Gasteiger charge is -2.16. The Morgan fingerprint density at radius 1 is 1.38 bits per heavy atom. The summed E-state index contributed by atoms with van der Waals surface area (Å²) in [6, 6.07) is 10.0. The first-order valence-corrected chi connectivity index (χ1v) is 7.78. The lowest BCUT2D eigenvalue weighted by atomic mass is 10.2. The van der Waals surface area contributed by atoms with Crippen LogP contribution in [0.3, 0.4) is 0 Å². The molecule has 3 rings (SSSR count). The summed E-state index contributed by atoms with van der Waals surface area (Å²) in [6.07, 6.45) is 1.22. The van der Waals surface area contributed by atoms with Crippen molar-refractivity contribution in [3.63, 3.8) is 0 Å². The molecule has 1 aromatic carbocycles. The largest absolute Gasteiger partial charge is 0.464 e. The van der Waals surface area contributed by atoms with E-state index in [9.17, 15) is 0 Å². The van der Waals surface area contributed by atoms with Crippen LogP contribution in [0.5, 0.6) is 0 Å². The van der Waals surface area contributed by atoms with Crippen molar-refractivity contribution >= 4 is 17.3 Å². The molecule has 3 atom stereocenters. The first-order chi connectivity index (χ1) is 10.1. The van der Waals surface area contributed by atoms with Gasteiger partial charge in [0.2, 0.25) is 0 Å². The van der Waals surface area contributed by atoms with E-state index in [0.29, 0.717) is 12.5 Å². The Kier molecular flexibility index (Phi) is 3.96. The molecule has 4 heteroatoms. The monoisotopic (exact) mass is 304 g/mol. The standard InChI is InChI=1S/C17H21ClN2O/c1-10-3-4-12(8-14(10)18)20-15(9-19)17-6-5-16(21-17)13-7-11(13)2/h3-6,8,11,13,15,20H,7,9,19H2,1-2H3. The molecule has 0 aliphatic heterocycles. The third kappa shape index (κ3) is 3.09. The highest BCUT2D eigenvalue weighted by Gasteiger charge is 2.36. The Labute approximate surface area is 130 Å². The third-order valence-electron chi connectivity index (χ3n) is 4.21. The van der Waals surface area contributed by atoms with Crippen LogP contribution >= 0.6 is 11.6 Å². The van der Waals surface area contributed by atoms with Gasteiger partial charge in [0.05, 0.1) is 6.04 Å². The number of benzene rings is 1. The average molecular weight is 305 g/mol. The fourth-order valence-electron chi connectivity index (χ4n) is 2.60. The van der Waals surface area contributed by atoms with Crippen molar-refractivity contribution < 1.29 is 4.42 Å². The van der Waals surface area contributed by atoms with Crippen molar-refractivity contribution in [2.45, 2.75) is 32.2 Å². The van der Waals surface area contributed by atoms with Crippen molar-refractivity contribution in [2.24, 2.45) is 11.7 Å². The van der Waals surface area contributed by atoms with Gasteiger partial charge in [0, 0.05) is 23.2 Å². The molecule has 3 unspecified atom stereocenters. The summed E-state index contributed by atoms with van der Waals surface area (Å²) in [5.41, 5.74) is 7.91. The van der Waals surface area contributed by atoms with Crippen molar-refractivity contribution in [1.29, 1.82) is 0 Å². The summed E-state index contributed by atoms with van der Waals surface area (Å²) in [6.45, 7) is 4.71. The van der Waals surface area contributed by atoms with Crippen LogP contribution in [-0.2, 0) is 0 Å². The molecule has 0 amide bonds. The second-order valence-electron chi connectivity index (χ2n) is 5.96. The molecule has 1 fully saturated rings. The highest BCUT2D eigenvalue weighted by molar-refractivity contribution is 6.31. The number of hydrogen-bond acceptors (Lipinski definition) is 3. The first-order valence-electron chi connectivity index (χ1n) is 7.41. The van der Waals surface area contributed by atoms with Gasteiger partial charge in [-0.3, -0.25) is 0 Å². The van der Waals surface area contributed by atoms with Crippen LogP contribution in [0.1, 0.15) is 42.4 Å². The van der Waals surface area contributed by atoms with Gasteiger partial charge in [-0.1, -0.05) is 24.6 Å². The van der Waals surface area contributed by atoms with Crippen LogP contribution in [0.4, 0.5) is 5.69 Å². The highest BCUT2D eigenvalue weighted by Crippen LogP contribution is 2.47. The molecule has 1 aliphatic carbocycles. The van der Waals surface area contributed by atoms with Gasteiger partial charge in [-0.25, -0.2) is 0 Å². The Balaban J connectivity index is 1.75. The van der Waals surface area contributed by atoms with Crippen LogP contribution in [-0.4, -0.2) is 6.54 Å². The van der Waals surface area contributed by atoms with Crippen LogP contribution in [0.25, 0.3) is 0 Å². The Morgan fingerprint density at radius 2 is 2.14 bits per heavy atom. The predicted octanol–water partition coefficient (Wildman–Crippen LogP) is 4.48. The zero-order valence-corrected chi connectivity index (χ0v) is 13.2. The Bertz CT molecular complexity index is 637. The maximum absolute atomic E-state index is 6.16. The van der Waals surface area contributed by atoms with Crippen LogP contribution < -0.4 is 11.1 Å². The summed E-state index contributed by atoms with van der Waals surface area (Å²) in [4.78, 5) is 0. The molecule has 3 N–H and O–H groups in total. The zero-order chi connectivity index (χ0) is 15.0. The number of nitrogens with one attached hydrogen (secondary N) is 1. The van der Waals surface area contributed by atoms with Crippen molar-refractivity contribution in [3.05, 3.63) is 52.4 Å². The van der Waals surface area contributed by atoms with Crippen LogP contribution in [0.15, 0.2) is 34.7 Å².